The lowest BCUT2D eigenvalue weighted by Crippen LogP contribution is -2.43. The minimum absolute atomic E-state index is 0.119. The molecule has 1 aromatic carbocycles. The minimum atomic E-state index is -2.74. The largest absolute Gasteiger partial charge is 0.366 e. The molecule has 0 saturated carbocycles. The highest BCUT2D eigenvalue weighted by Gasteiger charge is 2.36. The predicted molar refractivity (Wildman–Crippen MR) is 89.1 cm³/mol. The van der Waals surface area contributed by atoms with Gasteiger partial charge in [-0.25, -0.2) is 13.8 Å². The van der Waals surface area contributed by atoms with Gasteiger partial charge in [0.1, 0.15) is 5.82 Å². The van der Waals surface area contributed by atoms with E-state index in [-0.39, 0.29) is 13.0 Å². The Morgan fingerprint density at radius 3 is 2.83 bits per heavy atom. The summed E-state index contributed by atoms with van der Waals surface area (Å²) >= 11 is 3.36. The standard InChI is InChI=1S/C16H16BrF2N3O/c1-9-13(14(20)23)11-7-10(17)3-4-12(11)21-15(9)22-6-2-5-16(18,19)8-22/h3-4,7H,2,5-6,8H2,1H3,(H2,20,23). The Hall–Kier alpha value is -1.76. The van der Waals surface area contributed by atoms with E-state index in [4.69, 9.17) is 5.73 Å². The molecule has 2 aromatic rings. The Morgan fingerprint density at radius 2 is 2.17 bits per heavy atom. The van der Waals surface area contributed by atoms with E-state index < -0.39 is 11.8 Å². The third-order valence-corrected chi connectivity index (χ3v) is 4.60. The summed E-state index contributed by atoms with van der Waals surface area (Å²) < 4.78 is 28.3. The fraction of sp³-hybridized carbons (Fsp3) is 0.375. The van der Waals surface area contributed by atoms with Gasteiger partial charge in [0.05, 0.1) is 17.6 Å². The number of pyridine rings is 1. The van der Waals surface area contributed by atoms with Crippen LogP contribution in [0.4, 0.5) is 14.6 Å². The molecule has 2 heterocycles. The molecule has 1 fully saturated rings. The highest BCUT2D eigenvalue weighted by Crippen LogP contribution is 2.34. The van der Waals surface area contributed by atoms with Crippen LogP contribution in [0.5, 0.6) is 0 Å². The van der Waals surface area contributed by atoms with Gasteiger partial charge in [-0.05, 0) is 31.5 Å². The SMILES string of the molecule is Cc1c(N2CCCC(F)(F)C2)nc2ccc(Br)cc2c1C(N)=O. The number of nitrogens with two attached hydrogens (primary N) is 1. The van der Waals surface area contributed by atoms with Crippen LogP contribution < -0.4 is 10.6 Å². The summed E-state index contributed by atoms with van der Waals surface area (Å²) in [5.74, 6) is -2.92. The molecule has 0 radical (unpaired) electrons. The molecule has 1 saturated heterocycles. The second kappa shape index (κ2) is 5.70. The van der Waals surface area contributed by atoms with Crippen molar-refractivity contribution in [3.63, 3.8) is 0 Å². The first kappa shape index (κ1) is 16.1. The molecule has 0 spiro atoms. The number of anilines is 1. The maximum atomic E-state index is 13.7. The average molecular weight is 384 g/mol. The highest BCUT2D eigenvalue weighted by atomic mass is 79.9. The molecule has 0 aliphatic carbocycles. The first-order chi connectivity index (χ1) is 10.8. The minimum Gasteiger partial charge on any atom is -0.366 e. The molecular formula is C16H16BrF2N3O. The van der Waals surface area contributed by atoms with Crippen molar-refractivity contribution in [1.82, 2.24) is 4.98 Å². The first-order valence-corrected chi connectivity index (χ1v) is 8.10. The lowest BCUT2D eigenvalue weighted by molar-refractivity contribution is -0.0118. The highest BCUT2D eigenvalue weighted by molar-refractivity contribution is 9.10. The monoisotopic (exact) mass is 383 g/mol. The number of benzene rings is 1. The van der Waals surface area contributed by atoms with Crippen molar-refractivity contribution in [1.29, 1.82) is 0 Å². The lowest BCUT2D eigenvalue weighted by Gasteiger charge is -2.34. The van der Waals surface area contributed by atoms with Gasteiger partial charge in [-0.1, -0.05) is 15.9 Å². The van der Waals surface area contributed by atoms with Crippen molar-refractivity contribution in [3.05, 3.63) is 33.8 Å². The van der Waals surface area contributed by atoms with Crippen LogP contribution in [0.3, 0.4) is 0 Å². The number of aromatic nitrogens is 1. The fourth-order valence-corrected chi connectivity index (χ4v) is 3.45. The van der Waals surface area contributed by atoms with Crippen LogP contribution in [0.25, 0.3) is 10.9 Å². The summed E-state index contributed by atoms with van der Waals surface area (Å²) in [7, 11) is 0. The van der Waals surface area contributed by atoms with E-state index in [1.807, 2.05) is 0 Å². The molecule has 2 N–H and O–H groups in total. The fourth-order valence-electron chi connectivity index (χ4n) is 3.09. The zero-order valence-corrected chi connectivity index (χ0v) is 14.2. The lowest BCUT2D eigenvalue weighted by atomic mass is 10.0. The molecule has 122 valence electrons. The van der Waals surface area contributed by atoms with Crippen molar-refractivity contribution in [3.8, 4) is 0 Å². The molecule has 1 aliphatic rings. The molecule has 1 aliphatic heterocycles. The number of nitrogens with zero attached hydrogens (tertiary/aromatic N) is 2. The Balaban J connectivity index is 2.20. The summed E-state index contributed by atoms with van der Waals surface area (Å²) in [5, 5.41) is 0.622. The second-order valence-electron chi connectivity index (χ2n) is 5.84. The molecule has 1 aromatic heterocycles. The second-order valence-corrected chi connectivity index (χ2v) is 6.76. The molecule has 0 atom stereocenters. The molecule has 0 bridgehead atoms. The third kappa shape index (κ3) is 3.02. The molecule has 0 unspecified atom stereocenters. The van der Waals surface area contributed by atoms with Gasteiger partial charge in [-0.2, -0.15) is 0 Å². The number of hydrogen-bond acceptors (Lipinski definition) is 3. The Morgan fingerprint density at radius 1 is 1.43 bits per heavy atom. The summed E-state index contributed by atoms with van der Waals surface area (Å²) in [6, 6.07) is 5.31. The van der Waals surface area contributed by atoms with Gasteiger partial charge in [0.15, 0.2) is 0 Å². The molecule has 3 rings (SSSR count). The van der Waals surface area contributed by atoms with Gasteiger partial charge < -0.3 is 10.6 Å². The van der Waals surface area contributed by atoms with E-state index in [0.29, 0.717) is 40.8 Å². The van der Waals surface area contributed by atoms with Gasteiger partial charge in [-0.15, -0.1) is 0 Å². The molecule has 7 heteroatoms. The van der Waals surface area contributed by atoms with Gasteiger partial charge in [0, 0.05) is 28.4 Å². The van der Waals surface area contributed by atoms with Crippen LogP contribution in [0.15, 0.2) is 22.7 Å². The summed E-state index contributed by atoms with van der Waals surface area (Å²) in [6.07, 6.45) is 0.268. The predicted octanol–water partition coefficient (Wildman–Crippen LogP) is 3.64. The van der Waals surface area contributed by atoms with Gasteiger partial charge in [-0.3, -0.25) is 4.79 Å². The zero-order chi connectivity index (χ0) is 16.8. The molecular weight excluding hydrogens is 368 g/mol. The molecule has 23 heavy (non-hydrogen) atoms. The summed E-state index contributed by atoms with van der Waals surface area (Å²) in [5.41, 5.74) is 6.98. The number of alkyl halides is 2. The number of carbonyl (C=O) groups excluding carboxylic acids is 1. The number of piperidine rings is 1. The van der Waals surface area contributed by atoms with E-state index in [2.05, 4.69) is 20.9 Å². The number of fused-ring (bicyclic) bond motifs is 1. The van der Waals surface area contributed by atoms with Crippen LogP contribution in [-0.4, -0.2) is 29.9 Å². The number of amides is 1. The number of hydrogen-bond donors (Lipinski definition) is 1. The van der Waals surface area contributed by atoms with Gasteiger partial charge in [0.25, 0.3) is 5.92 Å². The smallest absolute Gasteiger partial charge is 0.265 e. The quantitative estimate of drug-likeness (QED) is 0.860. The normalized spacial score (nSPS) is 17.5. The average Bonchev–Trinajstić information content (AvgIpc) is 2.45. The van der Waals surface area contributed by atoms with Crippen LogP contribution in [0.1, 0.15) is 28.8 Å². The molecule has 1 amide bonds. The Labute approximate surface area is 140 Å². The first-order valence-electron chi connectivity index (χ1n) is 7.31. The maximum Gasteiger partial charge on any atom is 0.265 e. The van der Waals surface area contributed by atoms with Crippen molar-refractivity contribution in [2.24, 2.45) is 5.73 Å². The number of primary amides is 1. The zero-order valence-electron chi connectivity index (χ0n) is 12.6. The van der Waals surface area contributed by atoms with Crippen molar-refractivity contribution in [2.75, 3.05) is 18.0 Å². The third-order valence-electron chi connectivity index (χ3n) is 4.10. The van der Waals surface area contributed by atoms with E-state index in [1.54, 1.807) is 30.0 Å². The summed E-state index contributed by atoms with van der Waals surface area (Å²) in [6.45, 7) is 1.81. The van der Waals surface area contributed by atoms with E-state index >= 15 is 0 Å². The van der Waals surface area contributed by atoms with Crippen LogP contribution in [0.2, 0.25) is 0 Å². The van der Waals surface area contributed by atoms with Crippen molar-refractivity contribution < 1.29 is 13.6 Å². The molecule has 4 nitrogen and oxygen atoms in total. The Bertz CT molecular complexity index is 794. The van der Waals surface area contributed by atoms with E-state index in [9.17, 15) is 13.6 Å². The van der Waals surface area contributed by atoms with Crippen LogP contribution in [-0.2, 0) is 0 Å². The summed E-state index contributed by atoms with van der Waals surface area (Å²) in [4.78, 5) is 18.0. The van der Waals surface area contributed by atoms with Crippen molar-refractivity contribution in [2.45, 2.75) is 25.7 Å². The number of halogens is 3. The van der Waals surface area contributed by atoms with E-state index in [1.165, 1.54) is 0 Å². The number of carbonyl (C=O) groups is 1. The topological polar surface area (TPSA) is 59.2 Å². The van der Waals surface area contributed by atoms with Crippen LogP contribution >= 0.6 is 15.9 Å². The van der Waals surface area contributed by atoms with E-state index in [0.717, 1.165) is 4.47 Å². The van der Waals surface area contributed by atoms with Gasteiger partial charge in [0.2, 0.25) is 5.91 Å². The van der Waals surface area contributed by atoms with Crippen LogP contribution in [0, 0.1) is 6.92 Å². The van der Waals surface area contributed by atoms with Gasteiger partial charge >= 0.3 is 0 Å². The van der Waals surface area contributed by atoms with Crippen molar-refractivity contribution >= 4 is 38.6 Å². The Kier molecular flexibility index (Phi) is 4.00. The number of rotatable bonds is 2. The maximum absolute atomic E-state index is 13.7.